The monoisotopic (exact) mass is 378 g/mol. The molecule has 4 rings (SSSR count). The number of hydrogen-bond donors (Lipinski definition) is 2. The van der Waals surface area contributed by atoms with Gasteiger partial charge in [0, 0.05) is 17.1 Å². The molecule has 3 aromatic rings. The fraction of sp³-hybridized carbons (Fsp3) is 0.273. The van der Waals surface area contributed by atoms with Crippen molar-refractivity contribution in [2.24, 2.45) is 0 Å². The first-order chi connectivity index (χ1) is 13.5. The van der Waals surface area contributed by atoms with Gasteiger partial charge in [-0.1, -0.05) is 19.1 Å². The first-order valence-electron chi connectivity index (χ1n) is 9.44. The van der Waals surface area contributed by atoms with Crippen LogP contribution in [0.3, 0.4) is 0 Å². The van der Waals surface area contributed by atoms with Crippen LogP contribution in [0.5, 0.6) is 11.5 Å². The molecule has 1 aromatic heterocycles. The zero-order valence-corrected chi connectivity index (χ0v) is 15.9. The molecule has 6 nitrogen and oxygen atoms in total. The van der Waals surface area contributed by atoms with E-state index in [1.54, 1.807) is 34.9 Å². The van der Waals surface area contributed by atoms with Gasteiger partial charge in [0.1, 0.15) is 17.1 Å². The van der Waals surface area contributed by atoms with Gasteiger partial charge >= 0.3 is 0 Å². The second-order valence-corrected chi connectivity index (χ2v) is 7.09. The number of carbonyl (C=O) groups excluding carboxylic acids is 1. The van der Waals surface area contributed by atoms with Crippen molar-refractivity contribution in [2.45, 2.75) is 32.7 Å². The number of rotatable bonds is 5. The van der Waals surface area contributed by atoms with E-state index in [2.05, 4.69) is 5.32 Å². The Morgan fingerprint density at radius 1 is 1.25 bits per heavy atom. The summed E-state index contributed by atoms with van der Waals surface area (Å²) in [6.07, 6.45) is 1.61. The summed E-state index contributed by atoms with van der Waals surface area (Å²) in [7, 11) is 0. The number of pyridine rings is 1. The van der Waals surface area contributed by atoms with Crippen molar-refractivity contribution in [3.05, 3.63) is 63.9 Å². The fourth-order valence-corrected chi connectivity index (χ4v) is 3.77. The van der Waals surface area contributed by atoms with Gasteiger partial charge in [-0.05, 0) is 55.7 Å². The average Bonchev–Trinajstić information content (AvgIpc) is 3.02. The van der Waals surface area contributed by atoms with E-state index in [1.165, 1.54) is 0 Å². The lowest BCUT2D eigenvalue weighted by atomic mass is 10.1. The molecule has 0 saturated heterocycles. The highest BCUT2D eigenvalue weighted by molar-refractivity contribution is 6.09. The Kier molecular flexibility index (Phi) is 4.55. The highest BCUT2D eigenvalue weighted by atomic mass is 16.5. The standard InChI is InChI=1S/C22H22N2O4/c1-3-11-28-16-9-7-15(8-10-16)23-21(26)18-20(25)17-6-4-5-14-12-13(2)24(19(14)17)22(18)27/h4-10,13,25H,3,11-12H2,1-2H3,(H,23,26)/t13-/m1/s1. The number of benzene rings is 2. The molecule has 1 aliphatic heterocycles. The highest BCUT2D eigenvalue weighted by Crippen LogP contribution is 2.36. The predicted molar refractivity (Wildman–Crippen MR) is 108 cm³/mol. The zero-order chi connectivity index (χ0) is 19.8. The van der Waals surface area contributed by atoms with Crippen molar-refractivity contribution in [1.29, 1.82) is 0 Å². The van der Waals surface area contributed by atoms with Crippen molar-refractivity contribution in [3.8, 4) is 11.5 Å². The Morgan fingerprint density at radius 3 is 2.71 bits per heavy atom. The molecule has 0 aliphatic carbocycles. The molecule has 144 valence electrons. The normalized spacial score (nSPS) is 15.0. The highest BCUT2D eigenvalue weighted by Gasteiger charge is 2.29. The third kappa shape index (κ3) is 2.91. The van der Waals surface area contributed by atoms with E-state index >= 15 is 0 Å². The van der Waals surface area contributed by atoms with Crippen LogP contribution in [0, 0.1) is 0 Å². The van der Waals surface area contributed by atoms with Gasteiger partial charge in [-0.15, -0.1) is 0 Å². The Bertz CT molecular complexity index is 1120. The summed E-state index contributed by atoms with van der Waals surface area (Å²) in [6, 6.07) is 12.4. The predicted octanol–water partition coefficient (Wildman–Crippen LogP) is 3.87. The summed E-state index contributed by atoms with van der Waals surface area (Å²) in [5.41, 5.74) is 1.54. The summed E-state index contributed by atoms with van der Waals surface area (Å²) >= 11 is 0. The smallest absolute Gasteiger partial charge is 0.268 e. The Labute approximate surface area is 162 Å². The van der Waals surface area contributed by atoms with Crippen LogP contribution in [0.15, 0.2) is 47.3 Å². The molecular formula is C22H22N2O4. The van der Waals surface area contributed by atoms with Crippen molar-refractivity contribution >= 4 is 22.5 Å². The molecule has 2 heterocycles. The molecular weight excluding hydrogens is 356 g/mol. The minimum Gasteiger partial charge on any atom is -0.506 e. The molecule has 0 spiro atoms. The van der Waals surface area contributed by atoms with Crippen LogP contribution in [0.1, 0.15) is 42.2 Å². The number of nitrogens with one attached hydrogen (secondary N) is 1. The summed E-state index contributed by atoms with van der Waals surface area (Å²) in [5, 5.41) is 13.9. The fourth-order valence-electron chi connectivity index (χ4n) is 3.77. The molecule has 0 saturated carbocycles. The first-order valence-corrected chi connectivity index (χ1v) is 9.44. The summed E-state index contributed by atoms with van der Waals surface area (Å²) in [4.78, 5) is 25.8. The van der Waals surface area contributed by atoms with Crippen molar-refractivity contribution in [2.75, 3.05) is 11.9 Å². The van der Waals surface area contributed by atoms with Crippen LogP contribution in [-0.2, 0) is 6.42 Å². The number of carbonyl (C=O) groups is 1. The quantitative estimate of drug-likeness (QED) is 0.706. The zero-order valence-electron chi connectivity index (χ0n) is 15.9. The van der Waals surface area contributed by atoms with E-state index in [1.807, 2.05) is 26.0 Å². The Balaban J connectivity index is 1.70. The average molecular weight is 378 g/mol. The van der Waals surface area contributed by atoms with Crippen LogP contribution in [0.4, 0.5) is 5.69 Å². The lowest BCUT2D eigenvalue weighted by molar-refractivity contribution is 0.102. The molecule has 1 aliphatic rings. The van der Waals surface area contributed by atoms with Gasteiger partial charge in [0.05, 0.1) is 12.1 Å². The van der Waals surface area contributed by atoms with E-state index in [-0.39, 0.29) is 17.4 Å². The van der Waals surface area contributed by atoms with Crippen LogP contribution >= 0.6 is 0 Å². The van der Waals surface area contributed by atoms with Crippen molar-refractivity contribution < 1.29 is 14.6 Å². The van der Waals surface area contributed by atoms with Crippen LogP contribution in [0.25, 0.3) is 10.9 Å². The van der Waals surface area contributed by atoms with E-state index in [0.717, 1.165) is 12.0 Å². The van der Waals surface area contributed by atoms with Gasteiger partial charge in [-0.2, -0.15) is 0 Å². The molecule has 0 fully saturated rings. The molecule has 1 atom stereocenters. The Hall–Kier alpha value is -3.28. The number of nitrogens with zero attached hydrogens (tertiary/aromatic N) is 1. The molecule has 28 heavy (non-hydrogen) atoms. The maximum Gasteiger partial charge on any atom is 0.268 e. The number of hydrogen-bond acceptors (Lipinski definition) is 4. The van der Waals surface area contributed by atoms with Crippen LogP contribution < -0.4 is 15.6 Å². The summed E-state index contributed by atoms with van der Waals surface area (Å²) < 4.78 is 7.14. The third-order valence-corrected chi connectivity index (χ3v) is 5.05. The lowest BCUT2D eigenvalue weighted by Gasteiger charge is -2.14. The number of aromatic hydroxyl groups is 1. The van der Waals surface area contributed by atoms with Crippen molar-refractivity contribution in [1.82, 2.24) is 4.57 Å². The lowest BCUT2D eigenvalue weighted by Crippen LogP contribution is -2.30. The maximum absolute atomic E-state index is 13.0. The minimum absolute atomic E-state index is 0.0606. The van der Waals surface area contributed by atoms with E-state index in [4.69, 9.17) is 4.74 Å². The third-order valence-electron chi connectivity index (χ3n) is 5.05. The number of para-hydroxylation sites is 1. The SMILES string of the molecule is CCCOc1ccc(NC(=O)c2c(O)c3cccc4c3n(c2=O)[C@H](C)C4)cc1. The van der Waals surface area contributed by atoms with E-state index in [9.17, 15) is 14.7 Å². The van der Waals surface area contributed by atoms with Gasteiger partial charge < -0.3 is 19.7 Å². The van der Waals surface area contributed by atoms with Gasteiger partial charge in [0.2, 0.25) is 0 Å². The molecule has 6 heteroatoms. The topological polar surface area (TPSA) is 80.6 Å². The summed E-state index contributed by atoms with van der Waals surface area (Å²) in [6.45, 7) is 4.59. The number of aromatic nitrogens is 1. The molecule has 0 radical (unpaired) electrons. The summed E-state index contributed by atoms with van der Waals surface area (Å²) in [5.74, 6) is -0.185. The second-order valence-electron chi connectivity index (χ2n) is 7.09. The Morgan fingerprint density at radius 2 is 2.00 bits per heavy atom. The maximum atomic E-state index is 13.0. The van der Waals surface area contributed by atoms with Gasteiger partial charge in [-0.3, -0.25) is 9.59 Å². The molecule has 1 amide bonds. The molecule has 2 aromatic carbocycles. The second kappa shape index (κ2) is 7.03. The molecule has 0 bridgehead atoms. The van der Waals surface area contributed by atoms with Gasteiger partial charge in [0.25, 0.3) is 11.5 Å². The molecule has 0 unspecified atom stereocenters. The van der Waals surface area contributed by atoms with Crippen LogP contribution in [0.2, 0.25) is 0 Å². The first kappa shape index (κ1) is 18.1. The van der Waals surface area contributed by atoms with E-state index < -0.39 is 11.5 Å². The van der Waals surface area contributed by atoms with Gasteiger partial charge in [0.15, 0.2) is 0 Å². The van der Waals surface area contributed by atoms with Crippen molar-refractivity contribution in [3.63, 3.8) is 0 Å². The van der Waals surface area contributed by atoms with Crippen LogP contribution in [-0.4, -0.2) is 22.2 Å². The minimum atomic E-state index is -0.625. The van der Waals surface area contributed by atoms with Gasteiger partial charge in [-0.25, -0.2) is 0 Å². The largest absolute Gasteiger partial charge is 0.506 e. The number of ether oxygens (including phenoxy) is 1. The number of amides is 1. The molecule has 2 N–H and O–H groups in total. The number of anilines is 1. The van der Waals surface area contributed by atoms with E-state index in [0.29, 0.717) is 35.4 Å².